The lowest BCUT2D eigenvalue weighted by Gasteiger charge is -2.13. The van der Waals surface area contributed by atoms with E-state index in [1.807, 2.05) is 6.07 Å². The van der Waals surface area contributed by atoms with Crippen molar-refractivity contribution in [1.82, 2.24) is 20.4 Å². The lowest BCUT2D eigenvalue weighted by Crippen LogP contribution is -2.22. The molecule has 0 bridgehead atoms. The molecule has 0 aliphatic carbocycles. The maximum atomic E-state index is 3.92. The molecule has 0 amide bonds. The van der Waals surface area contributed by atoms with Gasteiger partial charge in [-0.2, -0.15) is 5.10 Å². The van der Waals surface area contributed by atoms with Crippen LogP contribution in [0.1, 0.15) is 31.4 Å². The number of likely N-dealkylation sites (tertiary alicyclic amines) is 1. The summed E-state index contributed by atoms with van der Waals surface area (Å²) in [6.45, 7) is 5.94. The zero-order valence-corrected chi connectivity index (χ0v) is 9.91. The molecular formula is C12H22N4. The van der Waals surface area contributed by atoms with Crippen LogP contribution in [0.15, 0.2) is 12.3 Å². The van der Waals surface area contributed by atoms with Crippen LogP contribution in [-0.2, 0) is 6.54 Å². The molecule has 2 rings (SSSR count). The van der Waals surface area contributed by atoms with Gasteiger partial charge in [-0.25, -0.2) is 0 Å². The molecule has 1 aromatic heterocycles. The third kappa shape index (κ3) is 3.94. The third-order valence-corrected chi connectivity index (χ3v) is 3.15. The van der Waals surface area contributed by atoms with Crippen LogP contribution in [0.25, 0.3) is 0 Å². The van der Waals surface area contributed by atoms with Gasteiger partial charge in [0.1, 0.15) is 0 Å². The Morgan fingerprint density at radius 2 is 2.19 bits per heavy atom. The smallest absolute Gasteiger partial charge is 0.0490 e. The Labute approximate surface area is 97.4 Å². The maximum absolute atomic E-state index is 3.92. The van der Waals surface area contributed by atoms with Crippen LogP contribution in [0.3, 0.4) is 0 Å². The molecule has 0 atom stereocenters. The predicted molar refractivity (Wildman–Crippen MR) is 65.2 cm³/mol. The molecule has 1 saturated heterocycles. The van der Waals surface area contributed by atoms with E-state index in [9.17, 15) is 0 Å². The number of aromatic amines is 1. The van der Waals surface area contributed by atoms with Gasteiger partial charge in [0.2, 0.25) is 0 Å². The van der Waals surface area contributed by atoms with E-state index < -0.39 is 0 Å². The summed E-state index contributed by atoms with van der Waals surface area (Å²) in [7, 11) is 0. The Hall–Kier alpha value is -0.870. The molecule has 2 N–H and O–H groups in total. The summed E-state index contributed by atoms with van der Waals surface area (Å²) in [6, 6.07) is 2.01. The number of hydrogen-bond donors (Lipinski definition) is 2. The number of nitrogens with zero attached hydrogens (tertiary/aromatic N) is 2. The molecule has 90 valence electrons. The Morgan fingerprint density at radius 1 is 1.31 bits per heavy atom. The molecule has 1 aliphatic heterocycles. The number of H-pyrrole nitrogens is 1. The summed E-state index contributed by atoms with van der Waals surface area (Å²) in [6.07, 6.45) is 7.18. The third-order valence-electron chi connectivity index (χ3n) is 3.15. The minimum absolute atomic E-state index is 0.906. The maximum Gasteiger partial charge on any atom is 0.0490 e. The summed E-state index contributed by atoms with van der Waals surface area (Å²) < 4.78 is 0. The highest BCUT2D eigenvalue weighted by atomic mass is 15.1. The zero-order valence-electron chi connectivity index (χ0n) is 9.91. The van der Waals surface area contributed by atoms with E-state index in [0.29, 0.717) is 0 Å². The number of unbranched alkanes of at least 4 members (excludes halogenated alkanes) is 1. The summed E-state index contributed by atoms with van der Waals surface area (Å²) in [4.78, 5) is 2.58. The van der Waals surface area contributed by atoms with Crippen molar-refractivity contribution in [2.24, 2.45) is 0 Å². The van der Waals surface area contributed by atoms with Crippen molar-refractivity contribution in [3.05, 3.63) is 18.0 Å². The van der Waals surface area contributed by atoms with Gasteiger partial charge in [-0.1, -0.05) is 0 Å². The normalized spacial score (nSPS) is 17.0. The van der Waals surface area contributed by atoms with Gasteiger partial charge in [-0.15, -0.1) is 0 Å². The Balaban J connectivity index is 1.43. The number of hydrogen-bond acceptors (Lipinski definition) is 3. The largest absolute Gasteiger partial charge is 0.311 e. The van der Waals surface area contributed by atoms with Gasteiger partial charge in [0.25, 0.3) is 0 Å². The topological polar surface area (TPSA) is 44.0 Å². The molecule has 1 aromatic rings. The summed E-state index contributed by atoms with van der Waals surface area (Å²) in [5.41, 5.74) is 1.17. The minimum atomic E-state index is 0.906. The van der Waals surface area contributed by atoms with Gasteiger partial charge in [0, 0.05) is 18.4 Å². The molecule has 0 radical (unpaired) electrons. The second kappa shape index (κ2) is 6.66. The van der Waals surface area contributed by atoms with Crippen LogP contribution in [0.4, 0.5) is 0 Å². The SMILES string of the molecule is c1cc(CNCCCCN2CCCC2)[nH]n1. The van der Waals surface area contributed by atoms with Gasteiger partial charge in [-0.3, -0.25) is 5.10 Å². The number of rotatable bonds is 7. The minimum Gasteiger partial charge on any atom is -0.311 e. The average molecular weight is 222 g/mol. The summed E-state index contributed by atoms with van der Waals surface area (Å²) >= 11 is 0. The first kappa shape index (κ1) is 11.6. The molecule has 2 heterocycles. The predicted octanol–water partition coefficient (Wildman–Crippen LogP) is 1.38. The molecular weight excluding hydrogens is 200 g/mol. The Bertz CT molecular complexity index is 265. The lowest BCUT2D eigenvalue weighted by molar-refractivity contribution is 0.329. The van der Waals surface area contributed by atoms with Crippen molar-refractivity contribution in [1.29, 1.82) is 0 Å². The van der Waals surface area contributed by atoms with Gasteiger partial charge in [0.05, 0.1) is 0 Å². The van der Waals surface area contributed by atoms with Crippen LogP contribution in [-0.4, -0.2) is 41.3 Å². The van der Waals surface area contributed by atoms with Crippen molar-refractivity contribution in [3.8, 4) is 0 Å². The molecule has 0 unspecified atom stereocenters. The molecule has 16 heavy (non-hydrogen) atoms. The van der Waals surface area contributed by atoms with E-state index in [1.54, 1.807) is 6.20 Å². The Morgan fingerprint density at radius 3 is 2.94 bits per heavy atom. The fraction of sp³-hybridized carbons (Fsp3) is 0.750. The van der Waals surface area contributed by atoms with E-state index >= 15 is 0 Å². The van der Waals surface area contributed by atoms with E-state index in [2.05, 4.69) is 20.4 Å². The van der Waals surface area contributed by atoms with Crippen molar-refractivity contribution >= 4 is 0 Å². The average Bonchev–Trinajstić information content (AvgIpc) is 2.96. The standard InChI is InChI=1S/C12H22N4/c1(2-8-16-9-3-4-10-16)6-13-11-12-5-7-14-15-12/h5,7,13H,1-4,6,8-11H2,(H,14,15). The van der Waals surface area contributed by atoms with Crippen LogP contribution < -0.4 is 5.32 Å². The quantitative estimate of drug-likeness (QED) is 0.685. The first-order valence-electron chi connectivity index (χ1n) is 6.36. The monoisotopic (exact) mass is 222 g/mol. The van der Waals surface area contributed by atoms with Crippen LogP contribution in [0.5, 0.6) is 0 Å². The van der Waals surface area contributed by atoms with E-state index in [4.69, 9.17) is 0 Å². The number of aromatic nitrogens is 2. The summed E-state index contributed by atoms with van der Waals surface area (Å²) in [5.74, 6) is 0. The van der Waals surface area contributed by atoms with Gasteiger partial charge in [0.15, 0.2) is 0 Å². The molecule has 4 nitrogen and oxygen atoms in total. The molecule has 4 heteroatoms. The highest BCUT2D eigenvalue weighted by molar-refractivity contribution is 4.96. The highest BCUT2D eigenvalue weighted by Gasteiger charge is 2.09. The van der Waals surface area contributed by atoms with Gasteiger partial charge >= 0.3 is 0 Å². The highest BCUT2D eigenvalue weighted by Crippen LogP contribution is 2.07. The summed E-state index contributed by atoms with van der Waals surface area (Å²) in [5, 5.41) is 10.3. The molecule has 1 aliphatic rings. The lowest BCUT2D eigenvalue weighted by atomic mass is 10.3. The van der Waals surface area contributed by atoms with E-state index in [-0.39, 0.29) is 0 Å². The van der Waals surface area contributed by atoms with Crippen LogP contribution >= 0.6 is 0 Å². The Kier molecular flexibility index (Phi) is 4.83. The molecule has 0 aromatic carbocycles. The molecule has 0 saturated carbocycles. The molecule has 1 fully saturated rings. The van der Waals surface area contributed by atoms with E-state index in [1.165, 1.54) is 51.0 Å². The zero-order chi connectivity index (χ0) is 11.1. The first-order chi connectivity index (χ1) is 7.95. The van der Waals surface area contributed by atoms with Crippen LogP contribution in [0, 0.1) is 0 Å². The molecule has 0 spiro atoms. The second-order valence-corrected chi connectivity index (χ2v) is 4.51. The van der Waals surface area contributed by atoms with Crippen molar-refractivity contribution in [2.45, 2.75) is 32.2 Å². The first-order valence-corrected chi connectivity index (χ1v) is 6.36. The van der Waals surface area contributed by atoms with E-state index in [0.717, 1.165) is 13.1 Å². The van der Waals surface area contributed by atoms with Gasteiger partial charge in [-0.05, 0) is 57.9 Å². The van der Waals surface area contributed by atoms with Crippen molar-refractivity contribution in [3.63, 3.8) is 0 Å². The fourth-order valence-electron chi connectivity index (χ4n) is 2.20. The second-order valence-electron chi connectivity index (χ2n) is 4.51. The van der Waals surface area contributed by atoms with Crippen molar-refractivity contribution in [2.75, 3.05) is 26.2 Å². The number of nitrogens with one attached hydrogen (secondary N) is 2. The van der Waals surface area contributed by atoms with Crippen molar-refractivity contribution < 1.29 is 0 Å². The van der Waals surface area contributed by atoms with Gasteiger partial charge < -0.3 is 10.2 Å². The fourth-order valence-corrected chi connectivity index (χ4v) is 2.20. The van der Waals surface area contributed by atoms with Crippen LogP contribution in [0.2, 0.25) is 0 Å².